The van der Waals surface area contributed by atoms with Crippen LogP contribution in [0.3, 0.4) is 0 Å². The fourth-order valence-corrected chi connectivity index (χ4v) is 2.72. The number of carbonyl (C=O) groups is 2. The minimum Gasteiger partial charge on any atom is -0.475 e. The number of nitrogens with one attached hydrogen (secondary N) is 2. The predicted octanol–water partition coefficient (Wildman–Crippen LogP) is 2.66. The van der Waals surface area contributed by atoms with Gasteiger partial charge in [0.25, 0.3) is 0 Å². The molecule has 0 aliphatic carbocycles. The van der Waals surface area contributed by atoms with Crippen molar-refractivity contribution in [2.75, 3.05) is 0 Å². The molecule has 0 atom stereocenters. The average molecular weight is 308 g/mol. The Bertz CT molecular complexity index is 640. The van der Waals surface area contributed by atoms with Gasteiger partial charge in [-0.05, 0) is 37.6 Å². The Morgan fingerprint density at radius 3 is 2.52 bits per heavy atom. The van der Waals surface area contributed by atoms with E-state index in [2.05, 4.69) is 10.6 Å². The van der Waals surface area contributed by atoms with Gasteiger partial charge in [0.15, 0.2) is 0 Å². The Morgan fingerprint density at radius 2 is 1.95 bits per heavy atom. The third kappa shape index (κ3) is 4.09. The monoisotopic (exact) mass is 308 g/mol. The molecule has 21 heavy (non-hydrogen) atoms. The normalized spacial score (nSPS) is 10.4. The zero-order valence-corrected chi connectivity index (χ0v) is 12.5. The first kappa shape index (κ1) is 15.1. The van der Waals surface area contributed by atoms with Crippen molar-refractivity contribution >= 4 is 23.3 Å². The molecule has 0 spiro atoms. The first-order chi connectivity index (χ1) is 9.95. The van der Waals surface area contributed by atoms with Crippen LogP contribution in [-0.2, 0) is 13.1 Å². The molecule has 2 amide bonds. The average Bonchev–Trinajstić information content (AvgIpc) is 3.02. The Morgan fingerprint density at radius 1 is 1.24 bits per heavy atom. The molecule has 0 fully saturated rings. The molecule has 0 aliphatic rings. The lowest BCUT2D eigenvalue weighted by Gasteiger charge is -2.05. The van der Waals surface area contributed by atoms with E-state index in [-0.39, 0.29) is 18.3 Å². The van der Waals surface area contributed by atoms with E-state index >= 15 is 0 Å². The maximum atomic E-state index is 11.6. The number of furan rings is 1. The van der Waals surface area contributed by atoms with Gasteiger partial charge in [0.1, 0.15) is 5.76 Å². The lowest BCUT2D eigenvalue weighted by atomic mass is 10.3. The molecular formula is C14H16N2O4S. The van der Waals surface area contributed by atoms with Crippen molar-refractivity contribution in [1.82, 2.24) is 10.6 Å². The molecule has 3 N–H and O–H groups in total. The van der Waals surface area contributed by atoms with Gasteiger partial charge in [-0.2, -0.15) is 0 Å². The van der Waals surface area contributed by atoms with Crippen LogP contribution in [0.15, 0.2) is 22.6 Å². The second-order valence-corrected chi connectivity index (χ2v) is 5.90. The Kier molecular flexibility index (Phi) is 4.64. The van der Waals surface area contributed by atoms with Crippen molar-refractivity contribution in [3.05, 3.63) is 45.0 Å². The van der Waals surface area contributed by atoms with Crippen LogP contribution < -0.4 is 10.6 Å². The minimum absolute atomic E-state index is 0.140. The first-order valence-corrected chi connectivity index (χ1v) is 7.17. The molecule has 6 nitrogen and oxygen atoms in total. The second-order valence-electron chi connectivity index (χ2n) is 4.56. The van der Waals surface area contributed by atoms with Crippen LogP contribution >= 0.6 is 11.3 Å². The number of rotatable bonds is 5. The van der Waals surface area contributed by atoms with Gasteiger partial charge >= 0.3 is 12.0 Å². The van der Waals surface area contributed by atoms with Gasteiger partial charge in [0.2, 0.25) is 5.76 Å². The first-order valence-electron chi connectivity index (χ1n) is 6.35. The van der Waals surface area contributed by atoms with E-state index in [1.807, 2.05) is 19.9 Å². The van der Waals surface area contributed by atoms with Gasteiger partial charge in [0, 0.05) is 9.75 Å². The highest BCUT2D eigenvalue weighted by Gasteiger charge is 2.10. The highest BCUT2D eigenvalue weighted by Crippen LogP contribution is 2.20. The van der Waals surface area contributed by atoms with E-state index in [1.165, 1.54) is 22.6 Å². The molecule has 2 heterocycles. The third-order valence-electron chi connectivity index (χ3n) is 2.94. The Hall–Kier alpha value is -2.28. The van der Waals surface area contributed by atoms with E-state index in [0.717, 1.165) is 4.88 Å². The van der Waals surface area contributed by atoms with E-state index in [1.54, 1.807) is 11.3 Å². The van der Waals surface area contributed by atoms with Gasteiger partial charge in [-0.15, -0.1) is 11.3 Å². The molecule has 0 saturated carbocycles. The van der Waals surface area contributed by atoms with Crippen LogP contribution in [-0.4, -0.2) is 17.1 Å². The number of carbonyl (C=O) groups excluding carboxylic acids is 1. The summed E-state index contributed by atoms with van der Waals surface area (Å²) in [4.78, 5) is 24.6. The van der Waals surface area contributed by atoms with Crippen LogP contribution in [0.5, 0.6) is 0 Å². The van der Waals surface area contributed by atoms with Gasteiger partial charge in [-0.3, -0.25) is 0 Å². The second kappa shape index (κ2) is 6.45. The molecule has 112 valence electrons. The van der Waals surface area contributed by atoms with Crippen LogP contribution in [0.1, 0.15) is 31.6 Å². The standard InChI is InChI=1S/C14H16N2O4S/c1-8-5-11(21-9(8)2)7-16-14(19)15-6-10-3-4-12(20-10)13(17)18/h3-5H,6-7H2,1-2H3,(H,17,18)(H2,15,16,19). The summed E-state index contributed by atoms with van der Waals surface area (Å²) in [6.45, 7) is 4.68. The third-order valence-corrected chi connectivity index (χ3v) is 4.09. The maximum Gasteiger partial charge on any atom is 0.371 e. The lowest BCUT2D eigenvalue weighted by molar-refractivity contribution is 0.0660. The highest BCUT2D eigenvalue weighted by molar-refractivity contribution is 7.12. The number of thiophene rings is 1. The van der Waals surface area contributed by atoms with Gasteiger partial charge in [-0.25, -0.2) is 9.59 Å². The van der Waals surface area contributed by atoms with E-state index < -0.39 is 5.97 Å². The summed E-state index contributed by atoms with van der Waals surface area (Å²) in [7, 11) is 0. The maximum absolute atomic E-state index is 11.6. The van der Waals surface area contributed by atoms with Gasteiger partial charge < -0.3 is 20.2 Å². The summed E-state index contributed by atoms with van der Waals surface area (Å²) in [5.74, 6) is -0.878. The number of amides is 2. The molecule has 0 bridgehead atoms. The molecule has 0 aliphatic heterocycles. The summed E-state index contributed by atoms with van der Waals surface area (Å²) in [5.41, 5.74) is 1.22. The molecule has 2 aromatic heterocycles. The number of carboxylic acids is 1. The summed E-state index contributed by atoms with van der Waals surface area (Å²) in [6.07, 6.45) is 0. The van der Waals surface area contributed by atoms with Crippen molar-refractivity contribution in [3.8, 4) is 0 Å². The molecule has 2 aromatic rings. The van der Waals surface area contributed by atoms with Crippen LogP contribution in [0.2, 0.25) is 0 Å². The zero-order chi connectivity index (χ0) is 15.4. The van der Waals surface area contributed by atoms with Crippen LogP contribution in [0.25, 0.3) is 0 Å². The van der Waals surface area contributed by atoms with Crippen molar-refractivity contribution in [2.45, 2.75) is 26.9 Å². The van der Waals surface area contributed by atoms with Gasteiger partial charge in [-0.1, -0.05) is 0 Å². The number of hydrogen-bond acceptors (Lipinski definition) is 4. The fraction of sp³-hybridized carbons (Fsp3) is 0.286. The highest BCUT2D eigenvalue weighted by atomic mass is 32.1. The van der Waals surface area contributed by atoms with Gasteiger partial charge in [0.05, 0.1) is 13.1 Å². The van der Waals surface area contributed by atoms with Crippen molar-refractivity contribution in [2.24, 2.45) is 0 Å². The van der Waals surface area contributed by atoms with Crippen LogP contribution in [0, 0.1) is 13.8 Å². The fourth-order valence-electron chi connectivity index (χ4n) is 1.72. The molecule has 0 radical (unpaired) electrons. The number of aromatic carboxylic acids is 1. The summed E-state index contributed by atoms with van der Waals surface area (Å²) in [5, 5.41) is 14.1. The van der Waals surface area contributed by atoms with Crippen molar-refractivity contribution in [3.63, 3.8) is 0 Å². The minimum atomic E-state index is -1.13. The SMILES string of the molecule is Cc1cc(CNC(=O)NCc2ccc(C(=O)O)o2)sc1C. The molecule has 0 aromatic carbocycles. The van der Waals surface area contributed by atoms with Crippen molar-refractivity contribution < 1.29 is 19.1 Å². The Labute approximate surface area is 125 Å². The number of urea groups is 1. The smallest absolute Gasteiger partial charge is 0.371 e. The molecule has 0 unspecified atom stereocenters. The summed E-state index contributed by atoms with van der Waals surface area (Å²) in [6, 6.07) is 4.60. The predicted molar refractivity (Wildman–Crippen MR) is 78.5 cm³/mol. The molecular weight excluding hydrogens is 292 g/mol. The largest absolute Gasteiger partial charge is 0.475 e. The lowest BCUT2D eigenvalue weighted by Crippen LogP contribution is -2.34. The molecule has 0 saturated heterocycles. The number of hydrogen-bond donors (Lipinski definition) is 3. The van der Waals surface area contributed by atoms with E-state index in [4.69, 9.17) is 9.52 Å². The van der Waals surface area contributed by atoms with E-state index in [0.29, 0.717) is 12.3 Å². The quantitative estimate of drug-likeness (QED) is 0.792. The van der Waals surface area contributed by atoms with Crippen molar-refractivity contribution in [1.29, 1.82) is 0 Å². The Balaban J connectivity index is 1.77. The van der Waals surface area contributed by atoms with Crippen LogP contribution in [0.4, 0.5) is 4.79 Å². The van der Waals surface area contributed by atoms with E-state index in [9.17, 15) is 9.59 Å². The number of carboxylic acid groups (broad SMARTS) is 1. The molecule has 7 heteroatoms. The topological polar surface area (TPSA) is 91.6 Å². The zero-order valence-electron chi connectivity index (χ0n) is 11.7. The summed E-state index contributed by atoms with van der Waals surface area (Å²) >= 11 is 1.65. The number of aryl methyl sites for hydroxylation is 2. The molecule has 2 rings (SSSR count). The summed E-state index contributed by atoms with van der Waals surface area (Å²) < 4.78 is 5.04.